The largest absolute Gasteiger partial charge is 0.307 e. The van der Waals surface area contributed by atoms with E-state index in [1.807, 2.05) is 12.1 Å². The Labute approximate surface area is 110 Å². The van der Waals surface area contributed by atoms with E-state index >= 15 is 0 Å². The van der Waals surface area contributed by atoms with Gasteiger partial charge in [0.05, 0.1) is 0 Å². The molecule has 0 amide bonds. The number of benzene rings is 1. The fourth-order valence-corrected chi connectivity index (χ4v) is 3.59. The maximum Gasteiger partial charge on any atom is 0.0406 e. The van der Waals surface area contributed by atoms with Crippen LogP contribution in [0.4, 0.5) is 0 Å². The predicted octanol–water partition coefficient (Wildman–Crippen LogP) is 2.90. The normalized spacial score (nSPS) is 26.7. The fourth-order valence-electron chi connectivity index (χ4n) is 2.16. The SMILES string of the molecule is C[C@@H](NC1CCS(=O)CC1)c1ccc(Cl)cc1. The molecule has 1 aliphatic rings. The van der Waals surface area contributed by atoms with Crippen LogP contribution in [0.3, 0.4) is 0 Å². The minimum atomic E-state index is -0.581. The quantitative estimate of drug-likeness (QED) is 0.916. The molecule has 1 heterocycles. The lowest BCUT2D eigenvalue weighted by atomic mass is 10.1. The lowest BCUT2D eigenvalue weighted by Crippen LogP contribution is -2.37. The summed E-state index contributed by atoms with van der Waals surface area (Å²) in [6, 6.07) is 8.78. The van der Waals surface area contributed by atoms with Gasteiger partial charge >= 0.3 is 0 Å². The number of hydrogen-bond acceptors (Lipinski definition) is 2. The van der Waals surface area contributed by atoms with Gasteiger partial charge in [-0.3, -0.25) is 4.21 Å². The average Bonchev–Trinajstić information content (AvgIpc) is 2.33. The zero-order valence-corrected chi connectivity index (χ0v) is 11.6. The van der Waals surface area contributed by atoms with Crippen LogP contribution < -0.4 is 5.32 Å². The maximum absolute atomic E-state index is 11.3. The van der Waals surface area contributed by atoms with E-state index in [-0.39, 0.29) is 0 Å². The Hall–Kier alpha value is -0.380. The summed E-state index contributed by atoms with van der Waals surface area (Å²) in [6.45, 7) is 2.16. The minimum absolute atomic E-state index is 0.323. The summed E-state index contributed by atoms with van der Waals surface area (Å²) in [5, 5.41) is 4.37. The van der Waals surface area contributed by atoms with Crippen molar-refractivity contribution in [3.8, 4) is 0 Å². The molecular weight excluding hydrogens is 254 g/mol. The highest BCUT2D eigenvalue weighted by Crippen LogP contribution is 2.19. The van der Waals surface area contributed by atoms with Gasteiger partial charge in [0.2, 0.25) is 0 Å². The second-order valence-corrected chi connectivity index (χ2v) is 6.69. The van der Waals surface area contributed by atoms with Gasteiger partial charge in [0.25, 0.3) is 0 Å². The molecule has 0 radical (unpaired) electrons. The molecule has 1 aromatic rings. The second-order valence-electron chi connectivity index (χ2n) is 4.56. The molecule has 94 valence electrons. The Morgan fingerprint density at radius 3 is 2.47 bits per heavy atom. The summed E-state index contributed by atoms with van der Waals surface area (Å²) in [7, 11) is -0.581. The van der Waals surface area contributed by atoms with Gasteiger partial charge in [-0.25, -0.2) is 0 Å². The Bertz CT molecular complexity index is 383. The number of hydrogen-bond donors (Lipinski definition) is 1. The summed E-state index contributed by atoms with van der Waals surface area (Å²) in [4.78, 5) is 0. The molecular formula is C13H18ClNOS. The first kappa shape index (κ1) is 13.1. The molecule has 17 heavy (non-hydrogen) atoms. The van der Waals surface area contributed by atoms with Gasteiger partial charge in [0, 0.05) is 39.4 Å². The van der Waals surface area contributed by atoms with E-state index in [2.05, 4.69) is 24.4 Å². The number of halogens is 1. The van der Waals surface area contributed by atoms with Crippen LogP contribution in [0.15, 0.2) is 24.3 Å². The molecule has 1 fully saturated rings. The summed E-state index contributed by atoms with van der Waals surface area (Å²) in [5.74, 6) is 1.68. The molecule has 0 unspecified atom stereocenters. The van der Waals surface area contributed by atoms with Crippen molar-refractivity contribution in [2.45, 2.75) is 31.8 Å². The topological polar surface area (TPSA) is 29.1 Å². The van der Waals surface area contributed by atoms with Gasteiger partial charge in [-0.1, -0.05) is 23.7 Å². The maximum atomic E-state index is 11.3. The lowest BCUT2D eigenvalue weighted by Gasteiger charge is -2.26. The first-order valence-electron chi connectivity index (χ1n) is 6.01. The van der Waals surface area contributed by atoms with E-state index in [9.17, 15) is 4.21 Å². The lowest BCUT2D eigenvalue weighted by molar-refractivity contribution is 0.427. The fraction of sp³-hybridized carbons (Fsp3) is 0.538. The van der Waals surface area contributed by atoms with Gasteiger partial charge in [0.15, 0.2) is 0 Å². The Kier molecular flexibility index (Phi) is 4.60. The third-order valence-corrected chi connectivity index (χ3v) is 4.88. The third-order valence-electron chi connectivity index (χ3n) is 3.24. The van der Waals surface area contributed by atoms with Crippen LogP contribution in [0, 0.1) is 0 Å². The average molecular weight is 272 g/mol. The van der Waals surface area contributed by atoms with Gasteiger partial charge in [-0.15, -0.1) is 0 Å². The van der Waals surface area contributed by atoms with Crippen molar-refractivity contribution in [1.29, 1.82) is 0 Å². The summed E-state index contributed by atoms with van der Waals surface area (Å²) < 4.78 is 11.3. The van der Waals surface area contributed by atoms with Crippen LogP contribution in [0.2, 0.25) is 5.02 Å². The van der Waals surface area contributed by atoms with E-state index in [0.717, 1.165) is 29.4 Å². The second kappa shape index (κ2) is 5.98. The molecule has 1 aromatic carbocycles. The predicted molar refractivity (Wildman–Crippen MR) is 73.9 cm³/mol. The van der Waals surface area contributed by atoms with Gasteiger partial charge < -0.3 is 5.32 Å². The number of nitrogens with one attached hydrogen (secondary N) is 1. The zero-order chi connectivity index (χ0) is 12.3. The Balaban J connectivity index is 1.90. The molecule has 0 saturated carbocycles. The highest BCUT2D eigenvalue weighted by Gasteiger charge is 2.19. The molecule has 1 saturated heterocycles. The smallest absolute Gasteiger partial charge is 0.0406 e. The summed E-state index contributed by atoms with van der Waals surface area (Å²) in [6.07, 6.45) is 2.04. The molecule has 1 N–H and O–H groups in total. The highest BCUT2D eigenvalue weighted by atomic mass is 35.5. The molecule has 2 rings (SSSR count). The summed E-state index contributed by atoms with van der Waals surface area (Å²) >= 11 is 5.87. The summed E-state index contributed by atoms with van der Waals surface area (Å²) in [5.41, 5.74) is 1.25. The zero-order valence-electron chi connectivity index (χ0n) is 9.99. The van der Waals surface area contributed by atoms with Gasteiger partial charge in [0.1, 0.15) is 0 Å². The molecule has 1 atom stereocenters. The minimum Gasteiger partial charge on any atom is -0.307 e. The van der Waals surface area contributed by atoms with Crippen molar-refractivity contribution >= 4 is 22.4 Å². The van der Waals surface area contributed by atoms with Crippen molar-refractivity contribution in [1.82, 2.24) is 5.32 Å². The molecule has 0 aromatic heterocycles. The van der Waals surface area contributed by atoms with Gasteiger partial charge in [-0.05, 0) is 37.5 Å². The van der Waals surface area contributed by atoms with E-state index in [0.29, 0.717) is 12.1 Å². The van der Waals surface area contributed by atoms with Crippen molar-refractivity contribution in [3.63, 3.8) is 0 Å². The molecule has 2 nitrogen and oxygen atoms in total. The Morgan fingerprint density at radius 2 is 1.88 bits per heavy atom. The monoisotopic (exact) mass is 271 g/mol. The number of rotatable bonds is 3. The Morgan fingerprint density at radius 1 is 1.29 bits per heavy atom. The standard InChI is InChI=1S/C13H18ClNOS/c1-10(11-2-4-12(14)5-3-11)15-13-6-8-17(16)9-7-13/h2-5,10,13,15H,6-9H2,1H3/t10-,13?,17?/m1/s1. The molecule has 4 heteroatoms. The molecule has 1 aliphatic heterocycles. The van der Waals surface area contributed by atoms with Crippen molar-refractivity contribution in [2.24, 2.45) is 0 Å². The van der Waals surface area contributed by atoms with Crippen molar-refractivity contribution < 1.29 is 4.21 Å². The van der Waals surface area contributed by atoms with Crippen LogP contribution in [-0.4, -0.2) is 21.8 Å². The molecule has 0 spiro atoms. The van der Waals surface area contributed by atoms with Crippen LogP contribution >= 0.6 is 11.6 Å². The van der Waals surface area contributed by atoms with E-state index < -0.39 is 10.8 Å². The molecule has 0 aliphatic carbocycles. The van der Waals surface area contributed by atoms with E-state index in [1.54, 1.807) is 0 Å². The molecule has 0 bridgehead atoms. The first-order valence-corrected chi connectivity index (χ1v) is 7.88. The first-order chi connectivity index (χ1) is 8.15. The van der Waals surface area contributed by atoms with Gasteiger partial charge in [-0.2, -0.15) is 0 Å². The van der Waals surface area contributed by atoms with Crippen molar-refractivity contribution in [3.05, 3.63) is 34.9 Å². The van der Waals surface area contributed by atoms with Crippen molar-refractivity contribution in [2.75, 3.05) is 11.5 Å². The van der Waals surface area contributed by atoms with E-state index in [1.165, 1.54) is 5.56 Å². The van der Waals surface area contributed by atoms with Crippen LogP contribution in [-0.2, 0) is 10.8 Å². The van der Waals surface area contributed by atoms with Crippen LogP contribution in [0.25, 0.3) is 0 Å². The third kappa shape index (κ3) is 3.80. The highest BCUT2D eigenvalue weighted by molar-refractivity contribution is 7.85. The van der Waals surface area contributed by atoms with E-state index in [4.69, 9.17) is 11.6 Å². The van der Waals surface area contributed by atoms with Crippen LogP contribution in [0.5, 0.6) is 0 Å². The van der Waals surface area contributed by atoms with Crippen LogP contribution in [0.1, 0.15) is 31.4 Å².